The molecule has 3 aromatic heterocycles. The molecule has 0 aliphatic heterocycles. The molecule has 0 radical (unpaired) electrons. The van der Waals surface area contributed by atoms with E-state index in [1.807, 2.05) is 97.1 Å². The fraction of sp³-hybridized carbons (Fsp3) is 0. The molecule has 0 amide bonds. The van der Waals surface area contributed by atoms with Crippen LogP contribution >= 0.6 is 0 Å². The van der Waals surface area contributed by atoms with Gasteiger partial charge in [-0.2, -0.15) is 6.07 Å². The first kappa shape index (κ1) is 23.9. The van der Waals surface area contributed by atoms with Gasteiger partial charge in [0.15, 0.2) is 0 Å². The maximum Gasteiger partial charge on any atom is 2.00 e. The van der Waals surface area contributed by atoms with Crippen LogP contribution in [0.25, 0.3) is 43.8 Å². The van der Waals surface area contributed by atoms with Crippen LogP contribution in [-0.4, -0.2) is 14.5 Å². The molecule has 0 aliphatic carbocycles. The van der Waals surface area contributed by atoms with Gasteiger partial charge in [-0.25, -0.2) is 9.97 Å². The minimum atomic E-state index is 0. The van der Waals surface area contributed by atoms with Crippen LogP contribution in [0, 0.1) is 6.07 Å². The van der Waals surface area contributed by atoms with Crippen LogP contribution in [0.1, 0.15) is 0 Å². The summed E-state index contributed by atoms with van der Waals surface area (Å²) in [5, 5.41) is 8.02. The zero-order valence-corrected chi connectivity index (χ0v) is 22.3. The average molecular weight is 672 g/mol. The summed E-state index contributed by atoms with van der Waals surface area (Å²) in [7, 11) is 0. The van der Waals surface area contributed by atoms with Gasteiger partial charge >= 0.3 is 21.1 Å². The van der Waals surface area contributed by atoms with Crippen molar-refractivity contribution in [1.82, 2.24) is 14.5 Å². The Hall–Kier alpha value is -4.47. The molecule has 0 saturated heterocycles. The van der Waals surface area contributed by atoms with Gasteiger partial charge in [-0.15, -0.1) is 28.9 Å². The van der Waals surface area contributed by atoms with Crippen LogP contribution in [0.5, 0.6) is 11.6 Å². The Morgan fingerprint density at radius 3 is 2.42 bits per heavy atom. The van der Waals surface area contributed by atoms with E-state index in [9.17, 15) is 0 Å². The third kappa shape index (κ3) is 4.31. The van der Waals surface area contributed by atoms with Crippen LogP contribution in [0.4, 0.5) is 11.4 Å². The SMILES string of the molecule is [Pt+2].[c-]1c(Oc2ccc3cccc([N-]c4ccccc4)c3n2)ccc2c3ccccc3n(-c3ccccn3)c12. The number of nitrogens with zero attached hydrogens (tertiary/aromatic N) is 4. The van der Waals surface area contributed by atoms with Crippen molar-refractivity contribution in [3.63, 3.8) is 0 Å². The Bertz CT molecular complexity index is 1890. The van der Waals surface area contributed by atoms with Crippen molar-refractivity contribution in [2.75, 3.05) is 0 Å². The van der Waals surface area contributed by atoms with Gasteiger partial charge in [0.05, 0.1) is 5.52 Å². The molecular weight excluding hydrogens is 651 g/mol. The summed E-state index contributed by atoms with van der Waals surface area (Å²) in [6, 6.07) is 41.4. The standard InChI is InChI=1S/C32H20N4O.Pt/c1-2-10-23(11-3-1)34-27-13-8-9-22-16-19-31(35-32(22)27)37-24-17-18-26-25-12-4-5-14-28(25)36(29(26)21-24)30-15-6-7-20-33-30;/h1-20H;/q-2;+2. The van der Waals surface area contributed by atoms with E-state index in [2.05, 4.69) is 33.8 Å². The fourth-order valence-electron chi connectivity index (χ4n) is 4.67. The molecule has 0 N–H and O–H groups in total. The molecule has 184 valence electrons. The number of pyridine rings is 2. The Labute approximate surface area is 234 Å². The smallest absolute Gasteiger partial charge is 0.656 e. The molecule has 7 rings (SSSR count). The van der Waals surface area contributed by atoms with Crippen LogP contribution in [0.15, 0.2) is 121 Å². The number of aromatic nitrogens is 3. The molecule has 0 unspecified atom stereocenters. The summed E-state index contributed by atoms with van der Waals surface area (Å²) in [5.74, 6) is 1.90. The predicted octanol–water partition coefficient (Wildman–Crippen LogP) is 8.65. The van der Waals surface area contributed by atoms with Crippen LogP contribution in [-0.2, 0) is 21.1 Å². The third-order valence-electron chi connectivity index (χ3n) is 6.33. The minimum Gasteiger partial charge on any atom is -0.656 e. The van der Waals surface area contributed by atoms with E-state index in [-0.39, 0.29) is 21.1 Å². The summed E-state index contributed by atoms with van der Waals surface area (Å²) in [6.07, 6.45) is 1.80. The van der Waals surface area contributed by atoms with Gasteiger partial charge in [0, 0.05) is 23.5 Å². The topological polar surface area (TPSA) is 54.0 Å². The van der Waals surface area contributed by atoms with Crippen molar-refractivity contribution < 1.29 is 25.8 Å². The number of rotatable bonds is 5. The summed E-state index contributed by atoms with van der Waals surface area (Å²) in [5.41, 5.74) is 4.43. The maximum atomic E-state index is 6.24. The third-order valence-corrected chi connectivity index (χ3v) is 6.33. The Balaban J connectivity index is 0.00000264. The largest absolute Gasteiger partial charge is 2.00 e. The van der Waals surface area contributed by atoms with E-state index in [0.29, 0.717) is 11.6 Å². The fourth-order valence-corrected chi connectivity index (χ4v) is 4.67. The Morgan fingerprint density at radius 1 is 0.711 bits per heavy atom. The second-order valence-electron chi connectivity index (χ2n) is 8.67. The van der Waals surface area contributed by atoms with E-state index < -0.39 is 0 Å². The van der Waals surface area contributed by atoms with Crippen molar-refractivity contribution in [3.05, 3.63) is 133 Å². The monoisotopic (exact) mass is 671 g/mol. The van der Waals surface area contributed by atoms with Gasteiger partial charge in [-0.1, -0.05) is 78.3 Å². The van der Waals surface area contributed by atoms with Gasteiger partial charge in [0.1, 0.15) is 5.82 Å². The number of hydrogen-bond acceptors (Lipinski definition) is 3. The molecule has 0 spiro atoms. The molecule has 38 heavy (non-hydrogen) atoms. The van der Waals surface area contributed by atoms with E-state index in [4.69, 9.17) is 15.0 Å². The predicted molar refractivity (Wildman–Crippen MR) is 148 cm³/mol. The first-order valence-corrected chi connectivity index (χ1v) is 12.0. The van der Waals surface area contributed by atoms with Crippen molar-refractivity contribution in [3.8, 4) is 17.4 Å². The molecular formula is C32H20N4OPt. The number of benzene rings is 4. The molecule has 3 heterocycles. The minimum absolute atomic E-state index is 0. The second-order valence-corrected chi connectivity index (χ2v) is 8.67. The van der Waals surface area contributed by atoms with Crippen LogP contribution in [0.3, 0.4) is 0 Å². The van der Waals surface area contributed by atoms with Crippen LogP contribution in [0.2, 0.25) is 0 Å². The van der Waals surface area contributed by atoms with E-state index >= 15 is 0 Å². The number of para-hydroxylation sites is 3. The molecule has 0 aliphatic rings. The van der Waals surface area contributed by atoms with Crippen molar-refractivity contribution >= 4 is 44.1 Å². The number of fused-ring (bicyclic) bond motifs is 4. The summed E-state index contributed by atoms with van der Waals surface area (Å²) < 4.78 is 8.36. The van der Waals surface area contributed by atoms with Crippen molar-refractivity contribution in [2.24, 2.45) is 0 Å². The van der Waals surface area contributed by atoms with Gasteiger partial charge in [-0.05, 0) is 35.0 Å². The Morgan fingerprint density at radius 2 is 1.55 bits per heavy atom. The van der Waals surface area contributed by atoms with E-state index in [1.54, 1.807) is 6.20 Å². The average Bonchev–Trinajstić information content (AvgIpc) is 3.28. The van der Waals surface area contributed by atoms with Crippen molar-refractivity contribution in [1.29, 1.82) is 0 Å². The number of hydrogen-bond donors (Lipinski definition) is 0. The molecule has 5 nitrogen and oxygen atoms in total. The molecule has 0 bridgehead atoms. The van der Waals surface area contributed by atoms with Gasteiger partial charge < -0.3 is 14.6 Å². The normalized spacial score (nSPS) is 10.9. The summed E-state index contributed by atoms with van der Waals surface area (Å²) in [6.45, 7) is 0. The molecule has 6 heteroatoms. The molecule has 0 fully saturated rings. The number of ether oxygens (including phenoxy) is 1. The first-order chi connectivity index (χ1) is 18.3. The Kier molecular flexibility index (Phi) is 6.36. The molecule has 0 saturated carbocycles. The van der Waals surface area contributed by atoms with E-state index in [1.165, 1.54) is 0 Å². The molecule has 4 aromatic carbocycles. The van der Waals surface area contributed by atoms with Gasteiger partial charge in [0.2, 0.25) is 5.88 Å². The summed E-state index contributed by atoms with van der Waals surface area (Å²) in [4.78, 5) is 9.41. The molecule has 0 atom stereocenters. The first-order valence-electron chi connectivity index (χ1n) is 12.0. The van der Waals surface area contributed by atoms with Crippen molar-refractivity contribution in [2.45, 2.75) is 0 Å². The zero-order chi connectivity index (χ0) is 24.6. The molecule has 7 aromatic rings. The van der Waals surface area contributed by atoms with E-state index in [0.717, 1.165) is 49.9 Å². The van der Waals surface area contributed by atoms with Crippen LogP contribution < -0.4 is 4.74 Å². The zero-order valence-electron chi connectivity index (χ0n) is 20.1. The van der Waals surface area contributed by atoms with Gasteiger partial charge in [0.25, 0.3) is 0 Å². The van der Waals surface area contributed by atoms with Gasteiger partial charge in [-0.3, -0.25) is 0 Å². The second kappa shape index (κ2) is 10.1. The summed E-state index contributed by atoms with van der Waals surface area (Å²) >= 11 is 0. The maximum absolute atomic E-state index is 6.24. The quantitative estimate of drug-likeness (QED) is 0.172.